The first-order valence-electron chi connectivity index (χ1n) is 8.90. The summed E-state index contributed by atoms with van der Waals surface area (Å²) in [6, 6.07) is 4.46. The van der Waals surface area contributed by atoms with Gasteiger partial charge in [-0.2, -0.15) is 0 Å². The molecule has 0 aliphatic carbocycles. The van der Waals surface area contributed by atoms with Gasteiger partial charge >= 0.3 is 6.03 Å². The third-order valence-corrected chi connectivity index (χ3v) is 5.08. The number of hydrogen-bond donors (Lipinski definition) is 2. The first-order valence-corrected chi connectivity index (χ1v) is 8.90. The molecule has 9 heteroatoms. The molecular weight excluding hydrogens is 354 g/mol. The number of rotatable bonds is 5. The number of hydrogen-bond acceptors (Lipinski definition) is 6. The Hall–Kier alpha value is -2.81. The van der Waals surface area contributed by atoms with Crippen LogP contribution in [0.1, 0.15) is 25.3 Å². The van der Waals surface area contributed by atoms with Gasteiger partial charge in [-0.15, -0.1) is 0 Å². The van der Waals surface area contributed by atoms with E-state index in [1.54, 1.807) is 25.1 Å². The van der Waals surface area contributed by atoms with Crippen LogP contribution in [0, 0.1) is 0 Å². The molecule has 0 unspecified atom stereocenters. The highest BCUT2D eigenvalue weighted by molar-refractivity contribution is 6.09. The molecular formula is C18H21N3O6. The van der Waals surface area contributed by atoms with E-state index in [4.69, 9.17) is 14.2 Å². The van der Waals surface area contributed by atoms with Gasteiger partial charge in [0.2, 0.25) is 12.7 Å². The second kappa shape index (κ2) is 6.73. The van der Waals surface area contributed by atoms with Crippen molar-refractivity contribution in [1.82, 2.24) is 15.5 Å². The minimum Gasteiger partial charge on any atom is -0.454 e. The molecule has 2 atom stereocenters. The molecule has 1 aromatic carbocycles. The van der Waals surface area contributed by atoms with Gasteiger partial charge in [-0.3, -0.25) is 14.5 Å². The standard InChI is InChI=1S/C18H21N3O6/c1-18(11-4-5-13-14(7-11)27-10-26-13)16(23)21(17(24)20-18)9-15(22)19-8-12-3-2-6-25-12/h4-5,7,12H,2-3,6,8-10H2,1H3,(H,19,22)(H,20,24)/t12-,18-/m1/s1. The lowest BCUT2D eigenvalue weighted by Crippen LogP contribution is -2.44. The molecule has 4 rings (SSSR count). The molecule has 0 bridgehead atoms. The van der Waals surface area contributed by atoms with Crippen molar-refractivity contribution < 1.29 is 28.6 Å². The molecule has 3 aliphatic rings. The molecule has 2 saturated heterocycles. The lowest BCUT2D eigenvalue weighted by Gasteiger charge is -2.22. The quantitative estimate of drug-likeness (QED) is 0.725. The van der Waals surface area contributed by atoms with Crippen LogP contribution in [0.4, 0.5) is 4.79 Å². The zero-order valence-corrected chi connectivity index (χ0v) is 14.9. The zero-order valence-electron chi connectivity index (χ0n) is 14.9. The van der Waals surface area contributed by atoms with E-state index >= 15 is 0 Å². The Balaban J connectivity index is 1.44. The Kier molecular flexibility index (Phi) is 4.39. The molecule has 0 radical (unpaired) electrons. The fraction of sp³-hybridized carbons (Fsp3) is 0.500. The summed E-state index contributed by atoms with van der Waals surface area (Å²) in [4.78, 5) is 38.3. The Bertz CT molecular complexity index is 791. The summed E-state index contributed by atoms with van der Waals surface area (Å²) in [6.07, 6.45) is 1.86. The van der Waals surface area contributed by atoms with E-state index in [0.29, 0.717) is 30.2 Å². The summed E-state index contributed by atoms with van der Waals surface area (Å²) < 4.78 is 16.1. The zero-order chi connectivity index (χ0) is 19.0. The summed E-state index contributed by atoms with van der Waals surface area (Å²) in [5.41, 5.74) is -0.709. The van der Waals surface area contributed by atoms with E-state index < -0.39 is 23.4 Å². The second-order valence-electron chi connectivity index (χ2n) is 6.95. The van der Waals surface area contributed by atoms with Gasteiger partial charge in [0.15, 0.2) is 11.5 Å². The average Bonchev–Trinajstić information content (AvgIpc) is 3.37. The van der Waals surface area contributed by atoms with E-state index in [1.165, 1.54) is 0 Å². The Morgan fingerprint density at radius 3 is 2.93 bits per heavy atom. The molecule has 0 aromatic heterocycles. The number of benzene rings is 1. The molecule has 144 valence electrons. The highest BCUT2D eigenvalue weighted by Crippen LogP contribution is 2.37. The molecule has 1 aromatic rings. The Labute approximate surface area is 155 Å². The number of carbonyl (C=O) groups is 3. The summed E-state index contributed by atoms with van der Waals surface area (Å²) in [5, 5.41) is 5.40. The summed E-state index contributed by atoms with van der Waals surface area (Å²) in [6.45, 7) is 2.46. The lowest BCUT2D eigenvalue weighted by atomic mass is 9.91. The van der Waals surface area contributed by atoms with E-state index in [2.05, 4.69) is 10.6 Å². The number of nitrogens with zero attached hydrogens (tertiary/aromatic N) is 1. The summed E-state index contributed by atoms with van der Waals surface area (Å²) in [5.74, 6) is 0.218. The van der Waals surface area contributed by atoms with Crippen LogP contribution in [0.3, 0.4) is 0 Å². The van der Waals surface area contributed by atoms with Gasteiger partial charge in [-0.25, -0.2) is 4.79 Å². The van der Waals surface area contributed by atoms with Crippen LogP contribution in [-0.4, -0.2) is 55.3 Å². The van der Waals surface area contributed by atoms with Crippen LogP contribution in [0.25, 0.3) is 0 Å². The number of urea groups is 1. The van der Waals surface area contributed by atoms with Crippen molar-refractivity contribution in [2.45, 2.75) is 31.4 Å². The predicted octanol–water partition coefficient (Wildman–Crippen LogP) is 0.477. The van der Waals surface area contributed by atoms with Crippen LogP contribution < -0.4 is 20.1 Å². The van der Waals surface area contributed by atoms with Crippen LogP contribution in [0.15, 0.2) is 18.2 Å². The molecule has 9 nitrogen and oxygen atoms in total. The third-order valence-electron chi connectivity index (χ3n) is 5.08. The van der Waals surface area contributed by atoms with Crippen molar-refractivity contribution in [3.8, 4) is 11.5 Å². The van der Waals surface area contributed by atoms with E-state index in [1.807, 2.05) is 0 Å². The largest absolute Gasteiger partial charge is 0.454 e. The maximum atomic E-state index is 12.9. The number of ether oxygens (including phenoxy) is 3. The highest BCUT2D eigenvalue weighted by Gasteiger charge is 2.49. The van der Waals surface area contributed by atoms with Gasteiger partial charge < -0.3 is 24.8 Å². The predicted molar refractivity (Wildman–Crippen MR) is 92.1 cm³/mol. The van der Waals surface area contributed by atoms with Crippen molar-refractivity contribution in [1.29, 1.82) is 0 Å². The molecule has 0 saturated carbocycles. The van der Waals surface area contributed by atoms with Crippen molar-refractivity contribution in [3.05, 3.63) is 23.8 Å². The van der Waals surface area contributed by atoms with E-state index in [0.717, 1.165) is 17.7 Å². The second-order valence-corrected chi connectivity index (χ2v) is 6.95. The maximum absolute atomic E-state index is 12.9. The average molecular weight is 375 g/mol. The first-order chi connectivity index (χ1) is 13.0. The maximum Gasteiger partial charge on any atom is 0.325 e. The van der Waals surface area contributed by atoms with Gasteiger partial charge in [0, 0.05) is 13.2 Å². The van der Waals surface area contributed by atoms with Crippen LogP contribution >= 0.6 is 0 Å². The molecule has 27 heavy (non-hydrogen) atoms. The Morgan fingerprint density at radius 2 is 2.15 bits per heavy atom. The molecule has 3 aliphatic heterocycles. The van der Waals surface area contributed by atoms with Crippen molar-refractivity contribution in [3.63, 3.8) is 0 Å². The summed E-state index contributed by atoms with van der Waals surface area (Å²) >= 11 is 0. The number of carbonyl (C=O) groups excluding carboxylic acids is 3. The van der Waals surface area contributed by atoms with Crippen molar-refractivity contribution in [2.24, 2.45) is 0 Å². The topological polar surface area (TPSA) is 106 Å². The van der Waals surface area contributed by atoms with E-state index in [9.17, 15) is 14.4 Å². The van der Waals surface area contributed by atoms with Gasteiger partial charge in [0.25, 0.3) is 5.91 Å². The minimum absolute atomic E-state index is 0.00375. The fourth-order valence-electron chi connectivity index (χ4n) is 3.48. The van der Waals surface area contributed by atoms with Crippen LogP contribution in [-0.2, 0) is 19.9 Å². The SMILES string of the molecule is C[C@]1(c2ccc3c(c2)OCO3)NC(=O)N(CC(=O)NC[C@H]2CCCO2)C1=O. The molecule has 3 heterocycles. The van der Waals surface area contributed by atoms with Gasteiger partial charge in [-0.05, 0) is 37.5 Å². The van der Waals surface area contributed by atoms with Gasteiger partial charge in [-0.1, -0.05) is 6.07 Å². The molecule has 2 fully saturated rings. The van der Waals surface area contributed by atoms with Crippen molar-refractivity contribution in [2.75, 3.05) is 26.5 Å². The smallest absolute Gasteiger partial charge is 0.325 e. The molecule has 0 spiro atoms. The number of nitrogens with one attached hydrogen (secondary N) is 2. The normalized spacial score (nSPS) is 26.4. The fourth-order valence-corrected chi connectivity index (χ4v) is 3.48. The van der Waals surface area contributed by atoms with Gasteiger partial charge in [0.05, 0.1) is 6.10 Å². The Morgan fingerprint density at radius 1 is 1.33 bits per heavy atom. The van der Waals surface area contributed by atoms with E-state index in [-0.39, 0.29) is 19.4 Å². The van der Waals surface area contributed by atoms with Crippen LogP contribution in [0.5, 0.6) is 11.5 Å². The lowest BCUT2D eigenvalue weighted by molar-refractivity contribution is -0.134. The van der Waals surface area contributed by atoms with Crippen molar-refractivity contribution >= 4 is 17.8 Å². The number of fused-ring (bicyclic) bond motifs is 1. The number of imide groups is 1. The third kappa shape index (κ3) is 3.18. The molecule has 2 N–H and O–H groups in total. The molecule has 4 amide bonds. The highest BCUT2D eigenvalue weighted by atomic mass is 16.7. The summed E-state index contributed by atoms with van der Waals surface area (Å²) in [7, 11) is 0. The van der Waals surface area contributed by atoms with Gasteiger partial charge in [0.1, 0.15) is 12.1 Å². The first kappa shape index (κ1) is 17.6. The monoisotopic (exact) mass is 375 g/mol. The van der Waals surface area contributed by atoms with Crippen LogP contribution in [0.2, 0.25) is 0 Å². The minimum atomic E-state index is -1.27. The number of amides is 4.